The molecule has 0 aliphatic heterocycles. The van der Waals surface area contributed by atoms with Crippen LogP contribution in [0.5, 0.6) is 0 Å². The Morgan fingerprint density at radius 3 is 2.85 bits per heavy atom. The smallest absolute Gasteiger partial charge is 0.0474 e. The van der Waals surface area contributed by atoms with Gasteiger partial charge >= 0.3 is 0 Å². The number of aromatic amines is 2. The predicted molar refractivity (Wildman–Crippen MR) is 53.2 cm³/mol. The second-order valence-electron chi connectivity index (χ2n) is 3.14. The van der Waals surface area contributed by atoms with Crippen LogP contribution in [0.4, 0.5) is 0 Å². The van der Waals surface area contributed by atoms with E-state index >= 15 is 0 Å². The Labute approximate surface area is 77.0 Å². The summed E-state index contributed by atoms with van der Waals surface area (Å²) in [5.41, 5.74) is 10.2. The van der Waals surface area contributed by atoms with Gasteiger partial charge in [0.05, 0.1) is 0 Å². The maximum atomic E-state index is 5.59. The van der Waals surface area contributed by atoms with E-state index in [1.807, 2.05) is 25.4 Å². The first-order valence-corrected chi connectivity index (χ1v) is 4.33. The second kappa shape index (κ2) is 3.11. The summed E-state index contributed by atoms with van der Waals surface area (Å²) in [4.78, 5) is 6.32. The van der Waals surface area contributed by atoms with Crippen LogP contribution in [0.3, 0.4) is 0 Å². The fourth-order valence-electron chi connectivity index (χ4n) is 1.46. The van der Waals surface area contributed by atoms with Crippen LogP contribution >= 0.6 is 0 Å². The Morgan fingerprint density at radius 2 is 2.31 bits per heavy atom. The molecule has 0 aliphatic rings. The Bertz CT molecular complexity index is 384. The minimum Gasteiger partial charge on any atom is -0.367 e. The van der Waals surface area contributed by atoms with Crippen molar-refractivity contribution in [2.45, 2.75) is 13.5 Å². The molecule has 3 nitrogen and oxygen atoms in total. The summed E-state index contributed by atoms with van der Waals surface area (Å²) in [5, 5.41) is 0. The maximum Gasteiger partial charge on any atom is 0.0474 e. The average molecular weight is 175 g/mol. The molecule has 0 fully saturated rings. The van der Waals surface area contributed by atoms with Crippen LogP contribution in [0.25, 0.3) is 11.3 Å². The monoisotopic (exact) mass is 175 g/mol. The molecule has 2 rings (SSSR count). The van der Waals surface area contributed by atoms with Gasteiger partial charge in [0, 0.05) is 35.9 Å². The third kappa shape index (κ3) is 1.38. The minimum atomic E-state index is 0.590. The second-order valence-corrected chi connectivity index (χ2v) is 3.14. The van der Waals surface area contributed by atoms with Gasteiger partial charge in [-0.05, 0) is 24.6 Å². The Morgan fingerprint density at radius 1 is 1.46 bits per heavy atom. The molecule has 0 bridgehead atoms. The fraction of sp³-hybridized carbons (Fsp3) is 0.200. The van der Waals surface area contributed by atoms with Crippen molar-refractivity contribution >= 4 is 0 Å². The van der Waals surface area contributed by atoms with E-state index in [1.165, 1.54) is 11.1 Å². The zero-order valence-corrected chi connectivity index (χ0v) is 7.59. The van der Waals surface area contributed by atoms with Crippen LogP contribution in [-0.2, 0) is 6.54 Å². The molecule has 0 amide bonds. The molecule has 13 heavy (non-hydrogen) atoms. The molecule has 0 spiro atoms. The molecule has 3 heteroatoms. The molecule has 4 N–H and O–H groups in total. The largest absolute Gasteiger partial charge is 0.367 e. The van der Waals surface area contributed by atoms with E-state index < -0.39 is 0 Å². The number of hydrogen-bond acceptors (Lipinski definition) is 1. The molecule has 0 aliphatic carbocycles. The number of aryl methyl sites for hydroxylation is 1. The quantitative estimate of drug-likeness (QED) is 0.640. The lowest BCUT2D eigenvalue weighted by atomic mass is 10.2. The third-order valence-corrected chi connectivity index (χ3v) is 2.25. The highest BCUT2D eigenvalue weighted by atomic mass is 14.7. The highest BCUT2D eigenvalue weighted by Gasteiger charge is 2.04. The summed E-state index contributed by atoms with van der Waals surface area (Å²) in [6.45, 7) is 2.63. The normalized spacial score (nSPS) is 10.6. The molecule has 2 heterocycles. The number of nitrogens with two attached hydrogens (primary N) is 1. The highest BCUT2D eigenvalue weighted by Crippen LogP contribution is 2.20. The zero-order chi connectivity index (χ0) is 9.26. The Kier molecular flexibility index (Phi) is 1.94. The van der Waals surface area contributed by atoms with Crippen molar-refractivity contribution in [2.24, 2.45) is 5.73 Å². The molecule has 0 saturated carbocycles. The standard InChI is InChI=1S/C10H13N3/c1-7-9(5-11)4-10(13-7)8-2-3-12-6-8/h2-4,6,12-13H,5,11H2,1H3. The molecular formula is C10H13N3. The number of rotatable bonds is 2. The summed E-state index contributed by atoms with van der Waals surface area (Å²) in [6.07, 6.45) is 3.87. The lowest BCUT2D eigenvalue weighted by molar-refractivity contribution is 1.04. The molecule has 68 valence electrons. The molecule has 2 aromatic rings. The van der Waals surface area contributed by atoms with Crippen LogP contribution in [0, 0.1) is 6.92 Å². The number of H-pyrrole nitrogens is 2. The number of nitrogens with one attached hydrogen (secondary N) is 2. The van der Waals surface area contributed by atoms with Gasteiger partial charge in [-0.2, -0.15) is 0 Å². The molecule has 0 aromatic carbocycles. The van der Waals surface area contributed by atoms with Crippen molar-refractivity contribution in [3.05, 3.63) is 35.8 Å². The molecule has 0 atom stereocenters. The lowest BCUT2D eigenvalue weighted by Gasteiger charge is -1.89. The summed E-state index contributed by atoms with van der Waals surface area (Å²) in [7, 11) is 0. The summed E-state index contributed by atoms with van der Waals surface area (Å²) >= 11 is 0. The Hall–Kier alpha value is -1.48. The van der Waals surface area contributed by atoms with E-state index in [0.29, 0.717) is 6.54 Å². The van der Waals surface area contributed by atoms with Crippen molar-refractivity contribution in [1.29, 1.82) is 0 Å². The predicted octanol–water partition coefficient (Wildman–Crippen LogP) is 1.78. The van der Waals surface area contributed by atoms with Crippen molar-refractivity contribution in [1.82, 2.24) is 9.97 Å². The van der Waals surface area contributed by atoms with E-state index in [4.69, 9.17) is 5.73 Å². The van der Waals surface area contributed by atoms with E-state index in [-0.39, 0.29) is 0 Å². The maximum absolute atomic E-state index is 5.59. The van der Waals surface area contributed by atoms with Crippen LogP contribution in [0.2, 0.25) is 0 Å². The van der Waals surface area contributed by atoms with Gasteiger partial charge in [0.2, 0.25) is 0 Å². The average Bonchev–Trinajstić information content (AvgIpc) is 2.71. The van der Waals surface area contributed by atoms with Crippen molar-refractivity contribution < 1.29 is 0 Å². The van der Waals surface area contributed by atoms with Crippen LogP contribution in [-0.4, -0.2) is 9.97 Å². The van der Waals surface area contributed by atoms with Gasteiger partial charge in [0.25, 0.3) is 0 Å². The zero-order valence-electron chi connectivity index (χ0n) is 7.59. The van der Waals surface area contributed by atoms with Crippen molar-refractivity contribution in [3.63, 3.8) is 0 Å². The van der Waals surface area contributed by atoms with Gasteiger partial charge < -0.3 is 15.7 Å². The van der Waals surface area contributed by atoms with Gasteiger partial charge in [-0.3, -0.25) is 0 Å². The van der Waals surface area contributed by atoms with E-state index in [9.17, 15) is 0 Å². The minimum absolute atomic E-state index is 0.590. The molecule has 0 saturated heterocycles. The van der Waals surface area contributed by atoms with Gasteiger partial charge in [-0.25, -0.2) is 0 Å². The first-order valence-electron chi connectivity index (χ1n) is 4.33. The summed E-state index contributed by atoms with van der Waals surface area (Å²) < 4.78 is 0. The van der Waals surface area contributed by atoms with Gasteiger partial charge in [-0.1, -0.05) is 0 Å². The van der Waals surface area contributed by atoms with Gasteiger partial charge in [0.1, 0.15) is 0 Å². The summed E-state index contributed by atoms with van der Waals surface area (Å²) in [6, 6.07) is 4.13. The molecule has 0 radical (unpaired) electrons. The van der Waals surface area contributed by atoms with E-state index in [2.05, 4.69) is 16.0 Å². The van der Waals surface area contributed by atoms with Crippen LogP contribution in [0.1, 0.15) is 11.3 Å². The first-order chi connectivity index (χ1) is 6.31. The fourth-order valence-corrected chi connectivity index (χ4v) is 1.46. The van der Waals surface area contributed by atoms with E-state index in [1.54, 1.807) is 0 Å². The van der Waals surface area contributed by atoms with E-state index in [0.717, 1.165) is 11.4 Å². The number of hydrogen-bond donors (Lipinski definition) is 3. The first kappa shape index (κ1) is 8.13. The van der Waals surface area contributed by atoms with Crippen molar-refractivity contribution in [2.75, 3.05) is 0 Å². The molecule has 2 aromatic heterocycles. The molecule has 0 unspecified atom stereocenters. The van der Waals surface area contributed by atoms with Crippen LogP contribution < -0.4 is 5.73 Å². The van der Waals surface area contributed by atoms with Crippen molar-refractivity contribution in [3.8, 4) is 11.3 Å². The highest BCUT2D eigenvalue weighted by molar-refractivity contribution is 5.60. The third-order valence-electron chi connectivity index (χ3n) is 2.25. The molecular weight excluding hydrogens is 162 g/mol. The van der Waals surface area contributed by atoms with Gasteiger partial charge in [-0.15, -0.1) is 0 Å². The SMILES string of the molecule is Cc1[nH]c(-c2cc[nH]c2)cc1CN. The number of aromatic nitrogens is 2. The topological polar surface area (TPSA) is 57.6 Å². The van der Waals surface area contributed by atoms with Gasteiger partial charge in [0.15, 0.2) is 0 Å². The lowest BCUT2D eigenvalue weighted by Crippen LogP contribution is -1.95. The summed E-state index contributed by atoms with van der Waals surface area (Å²) in [5.74, 6) is 0. The Balaban J connectivity index is 2.43. The van der Waals surface area contributed by atoms with Crippen LogP contribution in [0.15, 0.2) is 24.5 Å².